The van der Waals surface area contributed by atoms with Crippen molar-refractivity contribution in [3.63, 3.8) is 0 Å². The topological polar surface area (TPSA) is 98.6 Å². The molecule has 0 atom stereocenters. The quantitative estimate of drug-likeness (QED) is 0.315. The van der Waals surface area contributed by atoms with Crippen LogP contribution in [0.4, 0.5) is 5.69 Å². The van der Waals surface area contributed by atoms with Crippen LogP contribution in [0.1, 0.15) is 28.2 Å². The van der Waals surface area contributed by atoms with Gasteiger partial charge in [0, 0.05) is 29.5 Å². The maximum Gasteiger partial charge on any atom is 0.251 e. The van der Waals surface area contributed by atoms with Crippen LogP contribution >= 0.6 is 11.8 Å². The van der Waals surface area contributed by atoms with Gasteiger partial charge >= 0.3 is 0 Å². The lowest BCUT2D eigenvalue weighted by Gasteiger charge is -2.29. The summed E-state index contributed by atoms with van der Waals surface area (Å²) in [4.78, 5) is 28.1. The van der Waals surface area contributed by atoms with E-state index in [2.05, 4.69) is 21.6 Å². The number of nitrogens with zero attached hydrogens (tertiary/aromatic N) is 4. The van der Waals surface area contributed by atoms with E-state index in [0.29, 0.717) is 34.6 Å². The van der Waals surface area contributed by atoms with E-state index in [1.807, 2.05) is 58.0 Å². The zero-order chi connectivity index (χ0) is 27.2. The summed E-state index contributed by atoms with van der Waals surface area (Å²) >= 11 is 1.33. The highest BCUT2D eigenvalue weighted by atomic mass is 32.2. The van der Waals surface area contributed by atoms with Crippen LogP contribution in [0.3, 0.4) is 0 Å². The molecule has 4 aromatic rings. The largest absolute Gasteiger partial charge is 0.497 e. The molecule has 39 heavy (non-hydrogen) atoms. The molecule has 3 aromatic carbocycles. The molecule has 10 heteroatoms. The number of rotatable bonds is 9. The highest BCUT2D eigenvalue weighted by Crippen LogP contribution is 2.29. The number of amides is 2. The second-order valence-electron chi connectivity index (χ2n) is 8.92. The van der Waals surface area contributed by atoms with Gasteiger partial charge in [-0.25, -0.2) is 0 Å². The van der Waals surface area contributed by atoms with Crippen LogP contribution < -0.4 is 19.7 Å². The third kappa shape index (κ3) is 5.91. The van der Waals surface area contributed by atoms with E-state index < -0.39 is 0 Å². The van der Waals surface area contributed by atoms with Gasteiger partial charge < -0.3 is 19.7 Å². The van der Waals surface area contributed by atoms with Crippen LogP contribution in [0.2, 0.25) is 0 Å². The number of para-hydroxylation sites is 2. The molecule has 0 bridgehead atoms. The van der Waals surface area contributed by atoms with Crippen molar-refractivity contribution in [2.24, 2.45) is 0 Å². The lowest BCUT2D eigenvalue weighted by atomic mass is 10.0. The maximum atomic E-state index is 13.2. The van der Waals surface area contributed by atoms with Gasteiger partial charge in [0.1, 0.15) is 11.5 Å². The smallest absolute Gasteiger partial charge is 0.251 e. The van der Waals surface area contributed by atoms with Gasteiger partial charge in [-0.1, -0.05) is 48.2 Å². The Balaban J connectivity index is 1.33. The number of hydrogen-bond donors (Lipinski definition) is 1. The molecule has 1 aromatic heterocycles. The summed E-state index contributed by atoms with van der Waals surface area (Å²) < 4.78 is 12.4. The van der Waals surface area contributed by atoms with Crippen molar-refractivity contribution in [2.75, 3.05) is 31.4 Å². The number of aromatic nitrogens is 3. The van der Waals surface area contributed by atoms with Crippen molar-refractivity contribution in [2.45, 2.75) is 24.5 Å². The molecule has 0 saturated heterocycles. The fourth-order valence-electron chi connectivity index (χ4n) is 4.54. The average molecular weight is 544 g/mol. The molecular formula is C29H29N5O4S. The Hall–Kier alpha value is -4.31. The first kappa shape index (κ1) is 26.3. The van der Waals surface area contributed by atoms with E-state index in [1.54, 1.807) is 18.2 Å². The van der Waals surface area contributed by atoms with Gasteiger partial charge in [0.05, 0.1) is 26.5 Å². The molecule has 0 aliphatic carbocycles. The van der Waals surface area contributed by atoms with Crippen LogP contribution in [-0.2, 0) is 17.8 Å². The number of aryl methyl sites for hydroxylation is 1. The zero-order valence-electron chi connectivity index (χ0n) is 21.8. The lowest BCUT2D eigenvalue weighted by molar-refractivity contribution is -0.116. The predicted molar refractivity (Wildman–Crippen MR) is 150 cm³/mol. The Kier molecular flexibility index (Phi) is 8.12. The van der Waals surface area contributed by atoms with Crippen LogP contribution in [0.15, 0.2) is 78.0 Å². The Bertz CT molecular complexity index is 1450. The third-order valence-corrected chi connectivity index (χ3v) is 7.39. The molecule has 0 saturated carbocycles. The van der Waals surface area contributed by atoms with E-state index >= 15 is 0 Å². The summed E-state index contributed by atoms with van der Waals surface area (Å²) in [5, 5.41) is 12.2. The van der Waals surface area contributed by atoms with Gasteiger partial charge in [0.15, 0.2) is 11.0 Å². The second-order valence-corrected chi connectivity index (χ2v) is 9.86. The number of benzene rings is 3. The van der Waals surface area contributed by atoms with Crippen molar-refractivity contribution < 1.29 is 19.1 Å². The zero-order valence-corrected chi connectivity index (χ0v) is 22.6. The number of carbonyl (C=O) groups excluding carboxylic acids is 2. The van der Waals surface area contributed by atoms with Crippen molar-refractivity contribution in [3.05, 3.63) is 89.7 Å². The van der Waals surface area contributed by atoms with E-state index in [1.165, 1.54) is 31.5 Å². The minimum absolute atomic E-state index is 0.0246. The first-order chi connectivity index (χ1) is 19.1. The molecule has 0 spiro atoms. The Morgan fingerprint density at radius 3 is 2.41 bits per heavy atom. The van der Waals surface area contributed by atoms with E-state index in [4.69, 9.17) is 9.47 Å². The van der Waals surface area contributed by atoms with Crippen molar-refractivity contribution in [1.29, 1.82) is 0 Å². The predicted octanol–water partition coefficient (Wildman–Crippen LogP) is 4.29. The van der Waals surface area contributed by atoms with Crippen LogP contribution in [0.5, 0.6) is 11.5 Å². The number of methoxy groups -OCH3 is 2. The molecule has 5 rings (SSSR count). The molecule has 200 valence electrons. The molecule has 9 nitrogen and oxygen atoms in total. The molecule has 1 aliphatic rings. The normalized spacial score (nSPS) is 12.5. The molecular weight excluding hydrogens is 514 g/mol. The molecule has 2 amide bonds. The van der Waals surface area contributed by atoms with Gasteiger partial charge in [-0.3, -0.25) is 14.2 Å². The number of hydrogen-bond acceptors (Lipinski definition) is 7. The molecule has 1 aliphatic heterocycles. The Morgan fingerprint density at radius 2 is 1.67 bits per heavy atom. The number of ether oxygens (including phenoxy) is 2. The summed E-state index contributed by atoms with van der Waals surface area (Å²) in [5.74, 6) is 1.52. The summed E-state index contributed by atoms with van der Waals surface area (Å²) in [5.41, 5.74) is 3.42. The van der Waals surface area contributed by atoms with Gasteiger partial charge in [-0.15, -0.1) is 10.2 Å². The van der Waals surface area contributed by atoms with Gasteiger partial charge in [0.25, 0.3) is 5.91 Å². The van der Waals surface area contributed by atoms with Crippen molar-refractivity contribution >= 4 is 29.3 Å². The fourth-order valence-corrected chi connectivity index (χ4v) is 5.39. The minimum atomic E-state index is -0.303. The highest BCUT2D eigenvalue weighted by Gasteiger charge is 2.24. The number of anilines is 1. The summed E-state index contributed by atoms with van der Waals surface area (Å²) in [6.07, 6.45) is 1.92. The maximum absolute atomic E-state index is 13.2. The second kappa shape index (κ2) is 12.0. The molecule has 1 N–H and O–H groups in total. The van der Waals surface area contributed by atoms with Gasteiger partial charge in [-0.2, -0.15) is 0 Å². The molecule has 0 unspecified atom stereocenters. The number of carbonyl (C=O) groups is 2. The molecule has 2 heterocycles. The van der Waals surface area contributed by atoms with E-state index in [0.717, 1.165) is 24.2 Å². The SMILES string of the molecule is COc1cc(OC)cc(C(=O)NCc2nnc(SCC(=O)N3CCCc4ccccc43)n2-c2ccccc2)c1. The number of thioether (sulfide) groups is 1. The van der Waals surface area contributed by atoms with Gasteiger partial charge in [0.2, 0.25) is 5.91 Å². The lowest BCUT2D eigenvalue weighted by Crippen LogP contribution is -2.36. The highest BCUT2D eigenvalue weighted by molar-refractivity contribution is 7.99. The van der Waals surface area contributed by atoms with Crippen molar-refractivity contribution in [1.82, 2.24) is 20.1 Å². The summed E-state index contributed by atoms with van der Waals surface area (Å²) in [6, 6.07) is 22.7. The minimum Gasteiger partial charge on any atom is -0.497 e. The number of fused-ring (bicyclic) bond motifs is 1. The molecule has 0 radical (unpaired) electrons. The Morgan fingerprint density at radius 1 is 0.949 bits per heavy atom. The molecule has 0 fully saturated rings. The van der Waals surface area contributed by atoms with Crippen LogP contribution in [0.25, 0.3) is 5.69 Å². The van der Waals surface area contributed by atoms with Crippen molar-refractivity contribution in [3.8, 4) is 17.2 Å². The summed E-state index contributed by atoms with van der Waals surface area (Å²) in [7, 11) is 3.07. The first-order valence-corrected chi connectivity index (χ1v) is 13.6. The number of nitrogens with one attached hydrogen (secondary N) is 1. The fraction of sp³-hybridized carbons (Fsp3) is 0.241. The standard InChI is InChI=1S/C29H29N5O4S/c1-37-23-15-21(16-24(17-23)38-2)28(36)30-18-26-31-32-29(34(26)22-11-4-3-5-12-22)39-19-27(35)33-14-8-10-20-9-6-7-13-25(20)33/h3-7,9,11-13,15-17H,8,10,14,18-19H2,1-2H3,(H,30,36). The van der Waals surface area contributed by atoms with E-state index in [9.17, 15) is 9.59 Å². The average Bonchev–Trinajstić information content (AvgIpc) is 3.41. The van der Waals surface area contributed by atoms with Gasteiger partial charge in [-0.05, 0) is 48.7 Å². The Labute approximate surface area is 231 Å². The summed E-state index contributed by atoms with van der Waals surface area (Å²) in [6.45, 7) is 0.836. The first-order valence-electron chi connectivity index (χ1n) is 12.6. The third-order valence-electron chi connectivity index (χ3n) is 6.47. The monoisotopic (exact) mass is 543 g/mol. The van der Waals surface area contributed by atoms with Crippen LogP contribution in [0, 0.1) is 0 Å². The van der Waals surface area contributed by atoms with E-state index in [-0.39, 0.29) is 24.1 Å². The van der Waals surface area contributed by atoms with Crippen LogP contribution in [-0.4, -0.2) is 53.1 Å².